The summed E-state index contributed by atoms with van der Waals surface area (Å²) in [4.78, 5) is 15.0. The van der Waals surface area contributed by atoms with E-state index in [0.717, 1.165) is 38.5 Å². The van der Waals surface area contributed by atoms with Gasteiger partial charge in [-0.15, -0.1) is 0 Å². The lowest BCUT2D eigenvalue weighted by Gasteiger charge is -2.45. The van der Waals surface area contributed by atoms with Gasteiger partial charge in [0.05, 0.1) is 12.6 Å². The number of nitrogens with zero attached hydrogens (tertiary/aromatic N) is 1. The van der Waals surface area contributed by atoms with Gasteiger partial charge in [-0.25, -0.2) is 0 Å². The maximum atomic E-state index is 13.3. The van der Waals surface area contributed by atoms with Crippen LogP contribution in [0.5, 0.6) is 0 Å². The molecule has 7 nitrogen and oxygen atoms in total. The van der Waals surface area contributed by atoms with Crippen LogP contribution in [0.2, 0.25) is 0 Å². The maximum absolute atomic E-state index is 13.3. The van der Waals surface area contributed by atoms with Gasteiger partial charge < -0.3 is 30.7 Å². The van der Waals surface area contributed by atoms with Gasteiger partial charge in [0.15, 0.2) is 6.23 Å². The highest BCUT2D eigenvalue weighted by Crippen LogP contribution is 2.24. The lowest BCUT2D eigenvalue weighted by atomic mass is 9.95. The predicted molar refractivity (Wildman–Crippen MR) is 170 cm³/mol. The first-order chi connectivity index (χ1) is 20.0. The number of amides is 1. The van der Waals surface area contributed by atoms with Crippen LogP contribution in [0.15, 0.2) is 0 Å². The Kier molecular flexibility index (Phi) is 24.0. The molecule has 1 aliphatic heterocycles. The predicted octanol–water partition coefficient (Wildman–Crippen LogP) is 6.98. The van der Waals surface area contributed by atoms with E-state index in [1.54, 1.807) is 4.90 Å². The SMILES string of the molecule is CCCCCCCCCCCCCCN(C(=O)CCCCCCCCCCCCC)[C@@H]1O[C@H](CO)[C@@H](O)[C@H](O)[C@H]1N. The van der Waals surface area contributed by atoms with Crippen LogP contribution in [0.25, 0.3) is 0 Å². The maximum Gasteiger partial charge on any atom is 0.224 e. The zero-order valence-corrected chi connectivity index (χ0v) is 27.0. The molecule has 1 aliphatic rings. The molecule has 1 rings (SSSR count). The van der Waals surface area contributed by atoms with E-state index in [-0.39, 0.29) is 5.91 Å². The standard InChI is InChI=1S/C34H68N2O5/c1-3-5-7-9-11-13-15-17-19-21-23-25-27-36(34-31(35)33(40)32(39)29(28-37)41-34)30(38)26-24-22-20-18-16-14-12-10-8-6-4-2/h29,31-34,37,39-40H,3-28,35H2,1-2H3/t29-,31-,32-,33-,34-/m1/s1. The number of ether oxygens (including phenoxy) is 1. The van der Waals surface area contributed by atoms with Gasteiger partial charge >= 0.3 is 0 Å². The van der Waals surface area contributed by atoms with Gasteiger partial charge in [-0.2, -0.15) is 0 Å². The Morgan fingerprint density at radius 1 is 0.634 bits per heavy atom. The first kappa shape index (κ1) is 38.3. The molecular weight excluding hydrogens is 516 g/mol. The number of hydrogen-bond acceptors (Lipinski definition) is 6. The monoisotopic (exact) mass is 585 g/mol. The molecular formula is C34H68N2O5. The van der Waals surface area contributed by atoms with Crippen LogP contribution in [0, 0.1) is 0 Å². The number of rotatable bonds is 27. The fourth-order valence-electron chi connectivity index (χ4n) is 6.00. The molecule has 244 valence electrons. The van der Waals surface area contributed by atoms with Crippen molar-refractivity contribution >= 4 is 5.91 Å². The van der Waals surface area contributed by atoms with E-state index >= 15 is 0 Å². The minimum absolute atomic E-state index is 0.00951. The molecule has 0 bridgehead atoms. The topological polar surface area (TPSA) is 116 Å². The van der Waals surface area contributed by atoms with Crippen LogP contribution >= 0.6 is 0 Å². The van der Waals surface area contributed by atoms with Gasteiger partial charge in [0.2, 0.25) is 5.91 Å². The zero-order valence-electron chi connectivity index (χ0n) is 27.0. The van der Waals surface area contributed by atoms with Crippen molar-refractivity contribution < 1.29 is 24.9 Å². The van der Waals surface area contributed by atoms with Crippen molar-refractivity contribution in [3.05, 3.63) is 0 Å². The third kappa shape index (κ3) is 17.2. The van der Waals surface area contributed by atoms with Gasteiger partial charge in [0, 0.05) is 13.0 Å². The van der Waals surface area contributed by atoms with Gasteiger partial charge in [-0.1, -0.05) is 149 Å². The van der Waals surface area contributed by atoms with E-state index in [4.69, 9.17) is 10.5 Å². The first-order valence-electron chi connectivity index (χ1n) is 17.6. The molecule has 1 fully saturated rings. The van der Waals surface area contributed by atoms with Crippen LogP contribution < -0.4 is 5.73 Å². The molecule has 41 heavy (non-hydrogen) atoms. The molecule has 0 saturated carbocycles. The summed E-state index contributed by atoms with van der Waals surface area (Å²) >= 11 is 0. The fourth-order valence-corrected chi connectivity index (χ4v) is 6.00. The summed E-state index contributed by atoms with van der Waals surface area (Å²) in [6, 6.07) is -0.911. The summed E-state index contributed by atoms with van der Waals surface area (Å²) < 4.78 is 5.90. The third-order valence-corrected chi connectivity index (χ3v) is 8.82. The second-order valence-electron chi connectivity index (χ2n) is 12.6. The first-order valence-corrected chi connectivity index (χ1v) is 17.6. The average molecular weight is 585 g/mol. The molecule has 0 spiro atoms. The summed E-state index contributed by atoms with van der Waals surface area (Å²) in [7, 11) is 0. The normalized spacial score (nSPS) is 22.7. The van der Waals surface area contributed by atoms with Crippen LogP contribution in [0.4, 0.5) is 0 Å². The smallest absolute Gasteiger partial charge is 0.224 e. The second-order valence-corrected chi connectivity index (χ2v) is 12.6. The summed E-state index contributed by atoms with van der Waals surface area (Å²) in [5.41, 5.74) is 6.26. The average Bonchev–Trinajstić information content (AvgIpc) is 2.97. The molecule has 1 heterocycles. The van der Waals surface area contributed by atoms with Gasteiger partial charge in [0.1, 0.15) is 18.3 Å². The van der Waals surface area contributed by atoms with E-state index in [9.17, 15) is 20.1 Å². The highest BCUT2D eigenvalue weighted by atomic mass is 16.5. The van der Waals surface area contributed by atoms with Gasteiger partial charge in [-0.3, -0.25) is 4.79 Å². The van der Waals surface area contributed by atoms with E-state index in [0.29, 0.717) is 13.0 Å². The Balaban J connectivity index is 2.41. The van der Waals surface area contributed by atoms with Gasteiger partial charge in [0.25, 0.3) is 0 Å². The molecule has 0 aromatic heterocycles. The molecule has 1 saturated heterocycles. The Labute approximate surface area is 253 Å². The van der Waals surface area contributed by atoms with Crippen molar-refractivity contribution in [3.63, 3.8) is 0 Å². The van der Waals surface area contributed by atoms with Crippen LogP contribution in [0.1, 0.15) is 168 Å². The molecule has 0 radical (unpaired) electrons. The van der Waals surface area contributed by atoms with Crippen LogP contribution in [-0.4, -0.2) is 69.9 Å². The molecule has 0 aliphatic carbocycles. The number of carbonyl (C=O) groups is 1. The number of hydrogen-bond donors (Lipinski definition) is 4. The Bertz CT molecular complexity index is 606. The summed E-state index contributed by atoms with van der Waals surface area (Å²) in [6.45, 7) is 4.60. The number of aliphatic hydroxyl groups is 3. The molecule has 5 N–H and O–H groups in total. The highest BCUT2D eigenvalue weighted by Gasteiger charge is 2.45. The lowest BCUT2D eigenvalue weighted by Crippen LogP contribution is -2.67. The molecule has 1 amide bonds. The Morgan fingerprint density at radius 2 is 1.02 bits per heavy atom. The molecule has 0 aromatic rings. The van der Waals surface area contributed by atoms with E-state index in [2.05, 4.69) is 13.8 Å². The zero-order chi connectivity index (χ0) is 30.1. The Morgan fingerprint density at radius 3 is 1.44 bits per heavy atom. The van der Waals surface area contributed by atoms with Crippen molar-refractivity contribution in [1.82, 2.24) is 4.90 Å². The fraction of sp³-hybridized carbons (Fsp3) is 0.971. The van der Waals surface area contributed by atoms with Crippen molar-refractivity contribution in [3.8, 4) is 0 Å². The Hall–Kier alpha value is -0.730. The molecule has 0 aromatic carbocycles. The largest absolute Gasteiger partial charge is 0.394 e. The molecule has 7 heteroatoms. The minimum Gasteiger partial charge on any atom is -0.394 e. The number of aliphatic hydroxyl groups excluding tert-OH is 3. The summed E-state index contributed by atoms with van der Waals surface area (Å²) in [5.74, 6) is -0.00951. The second kappa shape index (κ2) is 25.7. The number of carbonyl (C=O) groups excluding carboxylic acids is 1. The van der Waals surface area contributed by atoms with Crippen LogP contribution in [-0.2, 0) is 9.53 Å². The summed E-state index contributed by atoms with van der Waals surface area (Å²) in [5, 5.41) is 30.4. The molecule has 5 atom stereocenters. The van der Waals surface area contributed by atoms with E-state index in [1.807, 2.05) is 0 Å². The highest BCUT2D eigenvalue weighted by molar-refractivity contribution is 5.76. The van der Waals surface area contributed by atoms with Crippen molar-refractivity contribution in [2.45, 2.75) is 199 Å². The molecule has 0 unspecified atom stereocenters. The minimum atomic E-state index is -1.26. The van der Waals surface area contributed by atoms with Crippen LogP contribution in [0.3, 0.4) is 0 Å². The quantitative estimate of drug-likeness (QED) is 0.0774. The van der Waals surface area contributed by atoms with Crippen molar-refractivity contribution in [2.24, 2.45) is 5.73 Å². The lowest BCUT2D eigenvalue weighted by molar-refractivity contribution is -0.226. The summed E-state index contributed by atoms with van der Waals surface area (Å²) in [6.07, 6.45) is 24.6. The van der Waals surface area contributed by atoms with E-state index in [1.165, 1.54) is 109 Å². The van der Waals surface area contributed by atoms with Crippen molar-refractivity contribution in [1.29, 1.82) is 0 Å². The van der Waals surface area contributed by atoms with Crippen molar-refractivity contribution in [2.75, 3.05) is 13.2 Å². The number of unbranched alkanes of at least 4 members (excludes halogenated alkanes) is 21. The number of nitrogens with two attached hydrogens (primary N) is 1. The third-order valence-electron chi connectivity index (χ3n) is 8.82. The van der Waals surface area contributed by atoms with Gasteiger partial charge in [-0.05, 0) is 12.8 Å². The van der Waals surface area contributed by atoms with E-state index < -0.39 is 37.2 Å².